The van der Waals surface area contributed by atoms with Crippen molar-refractivity contribution >= 4 is 21.7 Å². The lowest BCUT2D eigenvalue weighted by atomic mass is 9.46. The SMILES string of the molecule is Cc1ccc(S(=O)(=O)OCC(=O)[C@@]2(O)CC[C@H]3[C@@H]4CCC5=CC(=O)C=C[C@]5(C)[C@H]4[C@H](O)C[C@@]32C)cc1. The van der Waals surface area contributed by atoms with Crippen LogP contribution in [0.5, 0.6) is 0 Å². The molecule has 1 aromatic carbocycles. The summed E-state index contributed by atoms with van der Waals surface area (Å²) in [7, 11) is -4.16. The van der Waals surface area contributed by atoms with Gasteiger partial charge in [0.05, 0.1) is 11.0 Å². The monoisotopic (exact) mass is 514 g/mol. The number of fused-ring (bicyclic) bond motifs is 5. The molecule has 8 heteroatoms. The van der Waals surface area contributed by atoms with Gasteiger partial charge in [0, 0.05) is 16.7 Å². The third kappa shape index (κ3) is 3.68. The molecule has 1 aromatic rings. The van der Waals surface area contributed by atoms with E-state index in [0.717, 1.165) is 24.0 Å². The summed E-state index contributed by atoms with van der Waals surface area (Å²) >= 11 is 0. The molecule has 0 unspecified atom stereocenters. The number of Topliss-reactive ketones (excluding diaryl/α,β-unsaturated/α-hetero) is 1. The Morgan fingerprint density at radius 1 is 1.17 bits per heavy atom. The minimum Gasteiger partial charge on any atom is -0.393 e. The molecule has 0 saturated heterocycles. The number of allylic oxidation sites excluding steroid dienone is 4. The van der Waals surface area contributed by atoms with Crippen molar-refractivity contribution in [2.24, 2.45) is 28.6 Å². The van der Waals surface area contributed by atoms with E-state index in [1.807, 2.05) is 19.9 Å². The number of carbonyl (C=O) groups is 2. The maximum Gasteiger partial charge on any atom is 0.297 e. The Morgan fingerprint density at radius 2 is 1.86 bits per heavy atom. The molecule has 0 amide bonds. The Hall–Kier alpha value is -2.13. The van der Waals surface area contributed by atoms with E-state index in [1.54, 1.807) is 24.3 Å². The van der Waals surface area contributed by atoms with Crippen molar-refractivity contribution in [3.05, 3.63) is 53.6 Å². The average Bonchev–Trinajstić information content (AvgIpc) is 3.09. The first-order valence-electron chi connectivity index (χ1n) is 12.7. The number of benzene rings is 1. The summed E-state index contributed by atoms with van der Waals surface area (Å²) in [5, 5.41) is 23.2. The van der Waals surface area contributed by atoms with Crippen molar-refractivity contribution in [2.45, 2.75) is 69.5 Å². The molecular formula is C28H34O7S. The number of aliphatic hydroxyl groups excluding tert-OH is 1. The standard InChI is InChI=1S/C28H34O7S/c1-17-4-7-20(8-5-17)36(33,34)35-16-24(31)28(32)13-11-22-21-9-6-18-14-19(29)10-12-26(18,2)25(21)23(30)15-27(22,28)3/h4-5,7-8,10,12,14,21-23,25,30,32H,6,9,11,13,15-16H2,1-3H3/t21-,22-,23+,25+,26-,27-,28-/m0/s1. The second-order valence-electron chi connectivity index (χ2n) is 11.6. The van der Waals surface area contributed by atoms with Gasteiger partial charge in [0.25, 0.3) is 10.1 Å². The molecule has 0 heterocycles. The fourth-order valence-corrected chi connectivity index (χ4v) is 8.68. The van der Waals surface area contributed by atoms with E-state index in [2.05, 4.69) is 6.92 Å². The maximum atomic E-state index is 13.4. The van der Waals surface area contributed by atoms with Crippen LogP contribution < -0.4 is 0 Å². The van der Waals surface area contributed by atoms with Crippen molar-refractivity contribution < 1.29 is 32.4 Å². The van der Waals surface area contributed by atoms with Crippen molar-refractivity contribution in [3.63, 3.8) is 0 Å². The second kappa shape index (κ2) is 8.45. The van der Waals surface area contributed by atoms with Gasteiger partial charge in [-0.05, 0) is 75.1 Å². The van der Waals surface area contributed by atoms with Gasteiger partial charge in [0.15, 0.2) is 11.6 Å². The first-order valence-corrected chi connectivity index (χ1v) is 14.1. The average molecular weight is 515 g/mol. The summed E-state index contributed by atoms with van der Waals surface area (Å²) in [5.41, 5.74) is -1.20. The first kappa shape index (κ1) is 25.5. The molecule has 0 bridgehead atoms. The largest absolute Gasteiger partial charge is 0.393 e. The van der Waals surface area contributed by atoms with Crippen LogP contribution in [0.3, 0.4) is 0 Å². The van der Waals surface area contributed by atoms with Crippen LogP contribution in [0.25, 0.3) is 0 Å². The molecule has 0 radical (unpaired) electrons. The smallest absolute Gasteiger partial charge is 0.297 e. The highest BCUT2D eigenvalue weighted by Crippen LogP contribution is 2.67. The predicted octanol–water partition coefficient (Wildman–Crippen LogP) is 3.28. The molecule has 2 N–H and O–H groups in total. The van der Waals surface area contributed by atoms with E-state index in [0.29, 0.717) is 6.42 Å². The second-order valence-corrected chi connectivity index (χ2v) is 13.2. The van der Waals surface area contributed by atoms with E-state index in [4.69, 9.17) is 4.18 Å². The van der Waals surface area contributed by atoms with E-state index < -0.39 is 45.0 Å². The normalized spacial score (nSPS) is 39.7. The number of ketones is 2. The van der Waals surface area contributed by atoms with Gasteiger partial charge in [-0.2, -0.15) is 8.42 Å². The Bertz CT molecular complexity index is 1260. The number of carbonyl (C=O) groups excluding carboxylic acids is 2. The highest BCUT2D eigenvalue weighted by molar-refractivity contribution is 7.86. The van der Waals surface area contributed by atoms with Crippen LogP contribution in [0.4, 0.5) is 0 Å². The van der Waals surface area contributed by atoms with Gasteiger partial charge in [-0.1, -0.05) is 43.2 Å². The highest BCUT2D eigenvalue weighted by Gasteiger charge is 2.68. The van der Waals surface area contributed by atoms with E-state index in [1.165, 1.54) is 12.1 Å². The van der Waals surface area contributed by atoms with Crippen LogP contribution in [0.2, 0.25) is 0 Å². The zero-order chi connectivity index (χ0) is 26.1. The Morgan fingerprint density at radius 3 is 2.56 bits per heavy atom. The lowest BCUT2D eigenvalue weighted by molar-refractivity contribution is -0.178. The summed E-state index contributed by atoms with van der Waals surface area (Å²) in [6.45, 7) is 5.00. The highest BCUT2D eigenvalue weighted by atomic mass is 32.2. The molecule has 4 aliphatic rings. The van der Waals surface area contributed by atoms with Crippen LogP contribution in [0.1, 0.15) is 51.5 Å². The zero-order valence-corrected chi connectivity index (χ0v) is 21.8. The van der Waals surface area contributed by atoms with Crippen LogP contribution in [0.15, 0.2) is 53.0 Å². The molecule has 3 saturated carbocycles. The van der Waals surface area contributed by atoms with Gasteiger partial charge in [0.1, 0.15) is 12.2 Å². The minimum absolute atomic E-state index is 0.0158. The molecule has 3 fully saturated rings. The molecule has 0 spiro atoms. The Labute approximate surface area is 212 Å². The van der Waals surface area contributed by atoms with Gasteiger partial charge >= 0.3 is 0 Å². The van der Waals surface area contributed by atoms with Crippen molar-refractivity contribution in [3.8, 4) is 0 Å². The maximum absolute atomic E-state index is 13.4. The summed E-state index contributed by atoms with van der Waals surface area (Å²) in [5.74, 6) is -0.761. The van der Waals surface area contributed by atoms with E-state index >= 15 is 0 Å². The van der Waals surface area contributed by atoms with Gasteiger partial charge in [-0.15, -0.1) is 0 Å². The molecule has 36 heavy (non-hydrogen) atoms. The van der Waals surface area contributed by atoms with Crippen LogP contribution >= 0.6 is 0 Å². The summed E-state index contributed by atoms with van der Waals surface area (Å²) in [4.78, 5) is 25.3. The van der Waals surface area contributed by atoms with Gasteiger partial charge in [-0.3, -0.25) is 13.8 Å². The minimum atomic E-state index is -4.16. The number of aryl methyl sites for hydroxylation is 1. The summed E-state index contributed by atoms with van der Waals surface area (Å²) in [6, 6.07) is 6.15. The quantitative estimate of drug-likeness (QED) is 0.579. The van der Waals surface area contributed by atoms with Gasteiger partial charge < -0.3 is 10.2 Å². The Kier molecular flexibility index (Phi) is 5.99. The molecule has 7 atom stereocenters. The summed E-state index contributed by atoms with van der Waals surface area (Å²) in [6.07, 6.45) is 6.94. The lowest BCUT2D eigenvalue weighted by Crippen LogP contribution is -2.61. The number of aliphatic hydroxyl groups is 2. The molecule has 7 nitrogen and oxygen atoms in total. The van der Waals surface area contributed by atoms with Crippen LogP contribution in [0, 0.1) is 35.5 Å². The lowest BCUT2D eigenvalue weighted by Gasteiger charge is -2.59. The fourth-order valence-electron chi connectivity index (χ4n) is 7.81. The molecule has 194 valence electrons. The molecule has 5 rings (SSSR count). The Balaban J connectivity index is 1.38. The molecule has 0 aliphatic heterocycles. The third-order valence-electron chi connectivity index (χ3n) is 9.76. The fraction of sp³-hybridized carbons (Fsp3) is 0.571. The first-order chi connectivity index (χ1) is 16.8. The van der Waals surface area contributed by atoms with Crippen molar-refractivity contribution in [1.29, 1.82) is 0 Å². The van der Waals surface area contributed by atoms with Crippen molar-refractivity contribution in [2.75, 3.05) is 6.61 Å². The molecular weight excluding hydrogens is 480 g/mol. The molecule has 0 aromatic heterocycles. The third-order valence-corrected chi connectivity index (χ3v) is 11.0. The topological polar surface area (TPSA) is 118 Å². The summed E-state index contributed by atoms with van der Waals surface area (Å²) < 4.78 is 30.4. The van der Waals surface area contributed by atoms with E-state index in [9.17, 15) is 28.2 Å². The van der Waals surface area contributed by atoms with Gasteiger partial charge in [0.2, 0.25) is 0 Å². The van der Waals surface area contributed by atoms with Gasteiger partial charge in [-0.25, -0.2) is 0 Å². The molecule has 4 aliphatic carbocycles. The zero-order valence-electron chi connectivity index (χ0n) is 20.9. The number of rotatable bonds is 5. The van der Waals surface area contributed by atoms with Crippen LogP contribution in [-0.2, 0) is 23.9 Å². The van der Waals surface area contributed by atoms with E-state index in [-0.39, 0.29) is 41.3 Å². The number of hydrogen-bond donors (Lipinski definition) is 2. The predicted molar refractivity (Wildman–Crippen MR) is 132 cm³/mol. The number of hydrogen-bond acceptors (Lipinski definition) is 7. The van der Waals surface area contributed by atoms with Crippen LogP contribution in [-0.4, -0.2) is 48.5 Å². The van der Waals surface area contributed by atoms with Crippen molar-refractivity contribution in [1.82, 2.24) is 0 Å².